The van der Waals surface area contributed by atoms with Crippen molar-refractivity contribution in [1.82, 2.24) is 15.0 Å². The minimum Gasteiger partial charge on any atom is -0.368 e. The predicted molar refractivity (Wildman–Crippen MR) is 79.5 cm³/mol. The third-order valence-electron chi connectivity index (χ3n) is 3.76. The molecule has 1 aliphatic rings. The minimum atomic E-state index is 0.262. The summed E-state index contributed by atoms with van der Waals surface area (Å²) in [6.45, 7) is 4.00. The molecule has 5 nitrogen and oxygen atoms in total. The van der Waals surface area contributed by atoms with Gasteiger partial charge in [0.2, 0.25) is 11.9 Å². The highest BCUT2D eigenvalue weighted by Crippen LogP contribution is 2.34. The van der Waals surface area contributed by atoms with E-state index in [4.69, 9.17) is 5.73 Å². The average Bonchev–Trinajstić information content (AvgIpc) is 2.80. The van der Waals surface area contributed by atoms with Gasteiger partial charge >= 0.3 is 0 Å². The normalized spacial score (nSPS) is 17.0. The Morgan fingerprint density at radius 1 is 1.30 bits per heavy atom. The van der Waals surface area contributed by atoms with Gasteiger partial charge in [-0.25, -0.2) is 0 Å². The molecular formula is C15H19N5. The van der Waals surface area contributed by atoms with Crippen molar-refractivity contribution in [3.8, 4) is 0 Å². The molecule has 3 rings (SSSR count). The Balaban J connectivity index is 1.87. The number of nitrogens with one attached hydrogen (secondary N) is 1. The molecule has 0 aliphatic heterocycles. The number of nitrogens with two attached hydrogens (primary N) is 1. The predicted octanol–water partition coefficient (Wildman–Crippen LogP) is 2.42. The second-order valence-electron chi connectivity index (χ2n) is 5.19. The summed E-state index contributed by atoms with van der Waals surface area (Å²) in [7, 11) is 0. The number of nitrogen functional groups attached to an aromatic ring is 1. The number of rotatable bonds is 3. The molecular weight excluding hydrogens is 250 g/mol. The van der Waals surface area contributed by atoms with Crippen LogP contribution in [-0.2, 0) is 12.8 Å². The van der Waals surface area contributed by atoms with Gasteiger partial charge in [0.25, 0.3) is 0 Å². The Kier molecular flexibility index (Phi) is 3.26. The van der Waals surface area contributed by atoms with E-state index < -0.39 is 0 Å². The first-order valence-corrected chi connectivity index (χ1v) is 7.02. The first-order valence-electron chi connectivity index (χ1n) is 7.02. The van der Waals surface area contributed by atoms with E-state index in [1.807, 2.05) is 6.92 Å². The Hall–Kier alpha value is -2.17. The summed E-state index contributed by atoms with van der Waals surface area (Å²) in [6, 6.07) is 7.00. The van der Waals surface area contributed by atoms with Gasteiger partial charge in [-0.15, -0.1) is 0 Å². The maximum atomic E-state index is 5.67. The van der Waals surface area contributed by atoms with Crippen molar-refractivity contribution in [1.29, 1.82) is 0 Å². The van der Waals surface area contributed by atoms with Crippen LogP contribution < -0.4 is 11.1 Å². The maximum Gasteiger partial charge on any atom is 0.228 e. The lowest BCUT2D eigenvalue weighted by Gasteiger charge is -2.15. The van der Waals surface area contributed by atoms with Crippen molar-refractivity contribution >= 4 is 11.9 Å². The molecule has 1 unspecified atom stereocenters. The summed E-state index contributed by atoms with van der Waals surface area (Å²) in [6.07, 6.45) is 3.21. The van der Waals surface area contributed by atoms with E-state index in [2.05, 4.69) is 45.4 Å². The summed E-state index contributed by atoms with van der Waals surface area (Å²) < 4.78 is 0. The second kappa shape index (κ2) is 5.07. The van der Waals surface area contributed by atoms with Crippen LogP contribution in [0.25, 0.3) is 0 Å². The standard InChI is InChI=1S/C15H19N5/c1-3-10-4-5-11-6-7-13(12(11)8-10)19-15-18-9(2)17-14(16)20-15/h4-5,8,13H,3,6-7H2,1-2H3,(H3,16,17,18,19,20). The Bertz CT molecular complexity index is 618. The molecule has 0 saturated heterocycles. The summed E-state index contributed by atoms with van der Waals surface area (Å²) in [4.78, 5) is 12.5. The van der Waals surface area contributed by atoms with Gasteiger partial charge in [-0.2, -0.15) is 15.0 Å². The lowest BCUT2D eigenvalue weighted by atomic mass is 10.0. The number of aromatic nitrogens is 3. The van der Waals surface area contributed by atoms with E-state index in [9.17, 15) is 0 Å². The number of fused-ring (bicyclic) bond motifs is 1. The monoisotopic (exact) mass is 269 g/mol. The molecule has 0 saturated carbocycles. The molecule has 1 atom stereocenters. The number of anilines is 2. The fourth-order valence-electron chi connectivity index (χ4n) is 2.74. The minimum absolute atomic E-state index is 0.262. The van der Waals surface area contributed by atoms with Gasteiger partial charge in [0.15, 0.2) is 0 Å². The summed E-state index contributed by atoms with van der Waals surface area (Å²) >= 11 is 0. The third kappa shape index (κ3) is 2.43. The van der Waals surface area contributed by atoms with Gasteiger partial charge in [0.05, 0.1) is 6.04 Å². The van der Waals surface area contributed by atoms with E-state index in [1.165, 1.54) is 16.7 Å². The lowest BCUT2D eigenvalue weighted by Crippen LogP contribution is -2.12. The first-order chi connectivity index (χ1) is 9.65. The molecule has 0 bridgehead atoms. The number of hydrogen-bond acceptors (Lipinski definition) is 5. The molecule has 0 amide bonds. The SMILES string of the molecule is CCc1ccc2c(c1)C(Nc1nc(C)nc(N)n1)CC2. The van der Waals surface area contributed by atoms with Gasteiger partial charge in [-0.05, 0) is 42.9 Å². The van der Waals surface area contributed by atoms with Gasteiger partial charge in [-0.1, -0.05) is 25.1 Å². The second-order valence-corrected chi connectivity index (χ2v) is 5.19. The van der Waals surface area contributed by atoms with Crippen LogP contribution >= 0.6 is 0 Å². The van der Waals surface area contributed by atoms with Crippen molar-refractivity contribution in [3.63, 3.8) is 0 Å². The molecule has 0 radical (unpaired) electrons. The molecule has 0 fully saturated rings. The maximum absolute atomic E-state index is 5.67. The largest absolute Gasteiger partial charge is 0.368 e. The van der Waals surface area contributed by atoms with Crippen molar-refractivity contribution in [3.05, 3.63) is 40.7 Å². The smallest absolute Gasteiger partial charge is 0.228 e. The van der Waals surface area contributed by atoms with Gasteiger partial charge < -0.3 is 11.1 Å². The summed E-state index contributed by atoms with van der Waals surface area (Å²) in [5.74, 6) is 1.47. The Morgan fingerprint density at radius 3 is 2.90 bits per heavy atom. The van der Waals surface area contributed by atoms with Gasteiger partial charge in [0.1, 0.15) is 5.82 Å². The van der Waals surface area contributed by atoms with Crippen LogP contribution in [0.3, 0.4) is 0 Å². The van der Waals surface area contributed by atoms with Crippen molar-refractivity contribution in [2.45, 2.75) is 39.2 Å². The van der Waals surface area contributed by atoms with E-state index in [0.29, 0.717) is 11.8 Å². The van der Waals surface area contributed by atoms with E-state index in [-0.39, 0.29) is 12.0 Å². The van der Waals surface area contributed by atoms with Gasteiger partial charge in [-0.3, -0.25) is 0 Å². The fraction of sp³-hybridized carbons (Fsp3) is 0.400. The first kappa shape index (κ1) is 12.8. The quantitative estimate of drug-likeness (QED) is 0.895. The van der Waals surface area contributed by atoms with Gasteiger partial charge in [0, 0.05) is 0 Å². The van der Waals surface area contributed by atoms with E-state index in [0.717, 1.165) is 19.3 Å². The molecule has 2 aromatic rings. The molecule has 0 spiro atoms. The number of aryl methyl sites for hydroxylation is 3. The molecule has 20 heavy (non-hydrogen) atoms. The Labute approximate surface area is 118 Å². The summed E-state index contributed by atoms with van der Waals surface area (Å²) in [5, 5.41) is 3.39. The van der Waals surface area contributed by atoms with Crippen LogP contribution in [0, 0.1) is 6.92 Å². The van der Waals surface area contributed by atoms with Crippen LogP contribution in [0.4, 0.5) is 11.9 Å². The van der Waals surface area contributed by atoms with Crippen LogP contribution in [0.15, 0.2) is 18.2 Å². The average molecular weight is 269 g/mol. The van der Waals surface area contributed by atoms with E-state index in [1.54, 1.807) is 0 Å². The van der Waals surface area contributed by atoms with E-state index >= 15 is 0 Å². The molecule has 1 aliphatic carbocycles. The zero-order chi connectivity index (χ0) is 14.1. The number of benzene rings is 1. The highest BCUT2D eigenvalue weighted by molar-refractivity contribution is 5.43. The van der Waals surface area contributed by atoms with Crippen LogP contribution in [-0.4, -0.2) is 15.0 Å². The fourth-order valence-corrected chi connectivity index (χ4v) is 2.74. The molecule has 1 aromatic carbocycles. The van der Waals surface area contributed by atoms with Crippen molar-refractivity contribution < 1.29 is 0 Å². The molecule has 1 heterocycles. The molecule has 104 valence electrons. The number of hydrogen-bond donors (Lipinski definition) is 2. The Morgan fingerprint density at radius 2 is 2.15 bits per heavy atom. The third-order valence-corrected chi connectivity index (χ3v) is 3.76. The highest BCUT2D eigenvalue weighted by atomic mass is 15.2. The molecule has 3 N–H and O–H groups in total. The van der Waals surface area contributed by atoms with Crippen LogP contribution in [0.1, 0.15) is 41.9 Å². The molecule has 1 aromatic heterocycles. The molecule has 5 heteroatoms. The lowest BCUT2D eigenvalue weighted by molar-refractivity contribution is 0.747. The van der Waals surface area contributed by atoms with Crippen LogP contribution in [0.2, 0.25) is 0 Å². The zero-order valence-electron chi connectivity index (χ0n) is 11.8. The number of nitrogens with zero attached hydrogens (tertiary/aromatic N) is 3. The topological polar surface area (TPSA) is 76.7 Å². The van der Waals surface area contributed by atoms with Crippen molar-refractivity contribution in [2.75, 3.05) is 11.1 Å². The highest BCUT2D eigenvalue weighted by Gasteiger charge is 2.23. The van der Waals surface area contributed by atoms with Crippen LogP contribution in [0.5, 0.6) is 0 Å². The summed E-state index contributed by atoms with van der Waals surface area (Å²) in [5.41, 5.74) is 9.81. The van der Waals surface area contributed by atoms with Crippen molar-refractivity contribution in [2.24, 2.45) is 0 Å². The zero-order valence-corrected chi connectivity index (χ0v) is 11.8.